The maximum absolute atomic E-state index is 13.2. The second-order valence-corrected chi connectivity index (χ2v) is 7.12. The largest absolute Gasteiger partial charge is 0.290 e. The van der Waals surface area contributed by atoms with Crippen LogP contribution in [0.4, 0.5) is 0 Å². The highest BCUT2D eigenvalue weighted by molar-refractivity contribution is 6.14. The molecule has 2 nitrogen and oxygen atoms in total. The molecule has 0 unspecified atom stereocenters. The number of nitrogens with zero attached hydrogens (tertiary/aromatic N) is 1. The molecule has 0 aromatic heterocycles. The van der Waals surface area contributed by atoms with Crippen LogP contribution in [0.1, 0.15) is 16.7 Å². The Bertz CT molecular complexity index is 927. The van der Waals surface area contributed by atoms with Gasteiger partial charge in [-0.05, 0) is 28.8 Å². The highest BCUT2D eigenvalue weighted by atomic mass is 16.1. The first-order chi connectivity index (χ1) is 13.8. The summed E-state index contributed by atoms with van der Waals surface area (Å²) in [6.45, 7) is 2.15. The van der Waals surface area contributed by atoms with Crippen molar-refractivity contribution in [3.8, 4) is 0 Å². The predicted octanol–water partition coefficient (Wildman–Crippen LogP) is 5.24. The number of rotatable bonds is 4. The molecule has 3 aromatic rings. The van der Waals surface area contributed by atoms with Crippen LogP contribution >= 0.6 is 0 Å². The topological polar surface area (TPSA) is 20.3 Å². The Morgan fingerprint density at radius 3 is 1.54 bits per heavy atom. The number of hydrogen-bond donors (Lipinski definition) is 0. The van der Waals surface area contributed by atoms with Gasteiger partial charge in [0, 0.05) is 30.8 Å². The van der Waals surface area contributed by atoms with E-state index in [9.17, 15) is 4.79 Å². The molecule has 0 saturated carbocycles. The van der Waals surface area contributed by atoms with E-state index in [1.807, 2.05) is 78.9 Å². The lowest BCUT2D eigenvalue weighted by molar-refractivity contribution is -0.113. The zero-order valence-electron chi connectivity index (χ0n) is 15.8. The van der Waals surface area contributed by atoms with Crippen molar-refractivity contribution >= 4 is 17.9 Å². The van der Waals surface area contributed by atoms with Crippen LogP contribution in [0.3, 0.4) is 0 Å². The van der Waals surface area contributed by atoms with Crippen molar-refractivity contribution in [2.24, 2.45) is 0 Å². The molecule has 28 heavy (non-hydrogen) atoms. The summed E-state index contributed by atoms with van der Waals surface area (Å²) in [6.07, 6.45) is 4.05. The number of piperidine rings is 1. The van der Waals surface area contributed by atoms with Crippen LogP contribution in [-0.2, 0) is 11.3 Å². The molecule has 0 N–H and O–H groups in total. The molecule has 0 bridgehead atoms. The van der Waals surface area contributed by atoms with Crippen molar-refractivity contribution < 1.29 is 4.79 Å². The van der Waals surface area contributed by atoms with Gasteiger partial charge in [0.2, 0.25) is 0 Å². The molecule has 0 amide bonds. The Labute approximate surface area is 166 Å². The van der Waals surface area contributed by atoms with Gasteiger partial charge in [0.1, 0.15) is 0 Å². The first kappa shape index (κ1) is 18.1. The Morgan fingerprint density at radius 2 is 1.07 bits per heavy atom. The summed E-state index contributed by atoms with van der Waals surface area (Å²) in [5.74, 6) is 0.150. The fraction of sp³-hybridized carbons (Fsp3) is 0.115. The van der Waals surface area contributed by atoms with E-state index in [-0.39, 0.29) is 5.78 Å². The van der Waals surface area contributed by atoms with Gasteiger partial charge in [-0.15, -0.1) is 0 Å². The van der Waals surface area contributed by atoms with Crippen LogP contribution in [0.5, 0.6) is 0 Å². The average molecular weight is 365 g/mol. The van der Waals surface area contributed by atoms with Crippen molar-refractivity contribution in [2.45, 2.75) is 6.54 Å². The predicted molar refractivity (Wildman–Crippen MR) is 116 cm³/mol. The molecule has 1 aliphatic heterocycles. The quantitative estimate of drug-likeness (QED) is 0.590. The average Bonchev–Trinajstić information content (AvgIpc) is 2.74. The van der Waals surface area contributed by atoms with E-state index in [1.54, 1.807) is 0 Å². The van der Waals surface area contributed by atoms with Crippen molar-refractivity contribution in [3.05, 3.63) is 119 Å². The molecule has 1 saturated heterocycles. The summed E-state index contributed by atoms with van der Waals surface area (Å²) < 4.78 is 0. The fourth-order valence-corrected chi connectivity index (χ4v) is 3.56. The highest BCUT2D eigenvalue weighted by Crippen LogP contribution is 2.23. The molecule has 0 radical (unpaired) electrons. The van der Waals surface area contributed by atoms with Gasteiger partial charge in [-0.1, -0.05) is 91.0 Å². The summed E-state index contributed by atoms with van der Waals surface area (Å²) in [4.78, 5) is 15.5. The second-order valence-electron chi connectivity index (χ2n) is 7.12. The molecule has 1 fully saturated rings. The van der Waals surface area contributed by atoms with Crippen LogP contribution in [0.2, 0.25) is 0 Å². The third-order valence-corrected chi connectivity index (χ3v) is 4.90. The molecular formula is C26H23NO. The van der Waals surface area contributed by atoms with Crippen LogP contribution in [0.15, 0.2) is 102 Å². The first-order valence-electron chi connectivity index (χ1n) is 9.60. The van der Waals surface area contributed by atoms with Crippen molar-refractivity contribution in [3.63, 3.8) is 0 Å². The third-order valence-electron chi connectivity index (χ3n) is 4.90. The molecule has 1 heterocycles. The summed E-state index contributed by atoms with van der Waals surface area (Å²) in [6, 6.07) is 30.6. The first-order valence-corrected chi connectivity index (χ1v) is 9.60. The standard InChI is InChI=1S/C26H23NO/c28-26-24(16-21-10-4-1-5-11-21)19-27(18-23-14-8-3-9-15-23)20-25(26)17-22-12-6-2-7-13-22/h1-17H,18-20H2. The van der Waals surface area contributed by atoms with Gasteiger partial charge in [-0.3, -0.25) is 9.69 Å². The van der Waals surface area contributed by atoms with Crippen LogP contribution in [0.25, 0.3) is 12.2 Å². The monoisotopic (exact) mass is 365 g/mol. The number of carbonyl (C=O) groups is 1. The van der Waals surface area contributed by atoms with Gasteiger partial charge in [0.05, 0.1) is 0 Å². The van der Waals surface area contributed by atoms with E-state index in [1.165, 1.54) is 5.56 Å². The molecule has 0 atom stereocenters. The number of carbonyl (C=O) groups excluding carboxylic acids is 1. The number of likely N-dealkylation sites (tertiary alicyclic amines) is 1. The smallest absolute Gasteiger partial charge is 0.187 e. The molecule has 2 heteroatoms. The molecular weight excluding hydrogens is 342 g/mol. The molecule has 4 rings (SSSR count). The van der Waals surface area contributed by atoms with E-state index in [0.717, 1.165) is 28.8 Å². The van der Waals surface area contributed by atoms with Crippen molar-refractivity contribution in [1.29, 1.82) is 0 Å². The third kappa shape index (κ3) is 4.54. The normalized spacial score (nSPS) is 17.9. The lowest BCUT2D eigenvalue weighted by Gasteiger charge is -2.30. The summed E-state index contributed by atoms with van der Waals surface area (Å²) in [7, 11) is 0. The minimum absolute atomic E-state index is 0.150. The van der Waals surface area contributed by atoms with Gasteiger partial charge in [0.15, 0.2) is 5.78 Å². The van der Waals surface area contributed by atoms with E-state index >= 15 is 0 Å². The maximum Gasteiger partial charge on any atom is 0.187 e. The number of ketones is 1. The minimum atomic E-state index is 0.150. The van der Waals surface area contributed by atoms with Crippen LogP contribution < -0.4 is 0 Å². The van der Waals surface area contributed by atoms with E-state index in [2.05, 4.69) is 29.2 Å². The number of benzene rings is 3. The van der Waals surface area contributed by atoms with E-state index < -0.39 is 0 Å². The van der Waals surface area contributed by atoms with Gasteiger partial charge in [-0.2, -0.15) is 0 Å². The molecule has 3 aromatic carbocycles. The minimum Gasteiger partial charge on any atom is -0.290 e. The zero-order valence-corrected chi connectivity index (χ0v) is 15.8. The van der Waals surface area contributed by atoms with E-state index in [4.69, 9.17) is 0 Å². The van der Waals surface area contributed by atoms with Gasteiger partial charge in [0.25, 0.3) is 0 Å². The summed E-state index contributed by atoms with van der Waals surface area (Å²) in [5.41, 5.74) is 5.07. The molecule has 1 aliphatic rings. The zero-order chi connectivity index (χ0) is 19.2. The Balaban J connectivity index is 1.66. The lowest BCUT2D eigenvalue weighted by Crippen LogP contribution is -2.37. The van der Waals surface area contributed by atoms with E-state index in [0.29, 0.717) is 13.1 Å². The fourth-order valence-electron chi connectivity index (χ4n) is 3.56. The number of Topliss-reactive ketones (excluding diaryl/α,β-unsaturated/α-hetero) is 1. The number of hydrogen-bond acceptors (Lipinski definition) is 2. The Hall–Kier alpha value is -3.23. The summed E-state index contributed by atoms with van der Waals surface area (Å²) >= 11 is 0. The highest BCUT2D eigenvalue weighted by Gasteiger charge is 2.26. The lowest BCUT2D eigenvalue weighted by atomic mass is 9.94. The SMILES string of the molecule is O=C1C(=Cc2ccccc2)CN(Cc2ccccc2)CC1=Cc1ccccc1. The van der Waals surface area contributed by atoms with Gasteiger partial charge < -0.3 is 0 Å². The Kier molecular flexibility index (Phi) is 5.60. The van der Waals surface area contributed by atoms with Gasteiger partial charge >= 0.3 is 0 Å². The Morgan fingerprint density at radius 1 is 0.643 bits per heavy atom. The van der Waals surface area contributed by atoms with Crippen LogP contribution in [0, 0.1) is 0 Å². The maximum atomic E-state index is 13.2. The van der Waals surface area contributed by atoms with Crippen LogP contribution in [-0.4, -0.2) is 23.8 Å². The molecule has 0 aliphatic carbocycles. The van der Waals surface area contributed by atoms with Crippen molar-refractivity contribution in [2.75, 3.05) is 13.1 Å². The van der Waals surface area contributed by atoms with Crippen molar-refractivity contribution in [1.82, 2.24) is 4.90 Å². The van der Waals surface area contributed by atoms with Gasteiger partial charge in [-0.25, -0.2) is 0 Å². The summed E-state index contributed by atoms with van der Waals surface area (Å²) in [5, 5.41) is 0. The second kappa shape index (κ2) is 8.64. The molecule has 0 spiro atoms. The molecule has 138 valence electrons.